The third-order valence-corrected chi connectivity index (χ3v) is 4.13. The van der Waals surface area contributed by atoms with E-state index in [-0.39, 0.29) is 5.91 Å². The summed E-state index contributed by atoms with van der Waals surface area (Å²) in [7, 11) is 0. The first-order valence-corrected chi connectivity index (χ1v) is 8.12. The van der Waals surface area contributed by atoms with E-state index in [1.165, 1.54) is 6.42 Å². The summed E-state index contributed by atoms with van der Waals surface area (Å²) < 4.78 is 0. The molecule has 1 aromatic rings. The fraction of sp³-hybridized carbons (Fsp3) is 0.611. The van der Waals surface area contributed by atoms with Crippen LogP contribution in [0, 0.1) is 11.8 Å². The van der Waals surface area contributed by atoms with Gasteiger partial charge in [-0.25, -0.2) is 0 Å². The molecule has 1 saturated carbocycles. The molecule has 1 amide bonds. The van der Waals surface area contributed by atoms with Gasteiger partial charge in [-0.1, -0.05) is 26.0 Å². The molecule has 0 bridgehead atoms. The molecule has 3 heteroatoms. The Hall–Kier alpha value is -1.51. The number of amides is 1. The van der Waals surface area contributed by atoms with E-state index in [1.54, 1.807) is 0 Å². The number of para-hydroxylation sites is 1. The number of hydrogen-bond acceptors (Lipinski definition) is 2. The normalized spacial score (nSPS) is 25.7. The minimum absolute atomic E-state index is 0.0463. The van der Waals surface area contributed by atoms with Gasteiger partial charge >= 0.3 is 0 Å². The highest BCUT2D eigenvalue weighted by atomic mass is 16.1. The Morgan fingerprint density at radius 3 is 2.33 bits per heavy atom. The topological polar surface area (TPSA) is 41.1 Å². The van der Waals surface area contributed by atoms with E-state index in [4.69, 9.17) is 0 Å². The Morgan fingerprint density at radius 1 is 1.10 bits per heavy atom. The number of nitrogens with one attached hydrogen (secondary N) is 2. The molecule has 2 N–H and O–H groups in total. The van der Waals surface area contributed by atoms with Gasteiger partial charge in [0.1, 0.15) is 0 Å². The molecule has 2 atom stereocenters. The van der Waals surface area contributed by atoms with Gasteiger partial charge in [-0.15, -0.1) is 0 Å². The van der Waals surface area contributed by atoms with Gasteiger partial charge in [0, 0.05) is 17.8 Å². The van der Waals surface area contributed by atoms with E-state index in [0.29, 0.717) is 23.9 Å². The zero-order chi connectivity index (χ0) is 15.4. The summed E-state index contributed by atoms with van der Waals surface area (Å²) in [5.41, 5.74) is 1.67. The fourth-order valence-corrected chi connectivity index (χ4v) is 3.45. The molecule has 0 aromatic heterocycles. The van der Waals surface area contributed by atoms with Gasteiger partial charge in [-0.3, -0.25) is 4.79 Å². The molecule has 0 saturated heterocycles. The van der Waals surface area contributed by atoms with Gasteiger partial charge < -0.3 is 10.6 Å². The zero-order valence-electron chi connectivity index (χ0n) is 13.6. The number of anilines is 1. The highest BCUT2D eigenvalue weighted by Gasteiger charge is 2.25. The van der Waals surface area contributed by atoms with Gasteiger partial charge in [-0.2, -0.15) is 0 Å². The highest BCUT2D eigenvalue weighted by molar-refractivity contribution is 5.99. The molecule has 1 aliphatic rings. The molecule has 0 spiro atoms. The monoisotopic (exact) mass is 288 g/mol. The Balaban J connectivity index is 2.06. The zero-order valence-corrected chi connectivity index (χ0v) is 13.6. The lowest BCUT2D eigenvalue weighted by molar-refractivity contribution is 0.0912. The molecule has 0 radical (unpaired) electrons. The van der Waals surface area contributed by atoms with Gasteiger partial charge in [0.2, 0.25) is 0 Å². The molecular weight excluding hydrogens is 260 g/mol. The molecule has 116 valence electrons. The molecule has 3 nitrogen and oxygen atoms in total. The van der Waals surface area contributed by atoms with E-state index in [1.807, 2.05) is 24.3 Å². The first-order valence-electron chi connectivity index (χ1n) is 8.12. The quantitative estimate of drug-likeness (QED) is 0.877. The van der Waals surface area contributed by atoms with Crippen LogP contribution in [0.5, 0.6) is 0 Å². The average Bonchev–Trinajstić information content (AvgIpc) is 2.37. The highest BCUT2D eigenvalue weighted by Crippen LogP contribution is 2.29. The van der Waals surface area contributed by atoms with Crippen LogP contribution in [0.2, 0.25) is 0 Å². The van der Waals surface area contributed by atoms with E-state index in [2.05, 4.69) is 38.3 Å². The summed E-state index contributed by atoms with van der Waals surface area (Å²) in [4.78, 5) is 12.6. The third-order valence-electron chi connectivity index (χ3n) is 4.13. The van der Waals surface area contributed by atoms with Crippen molar-refractivity contribution >= 4 is 11.6 Å². The van der Waals surface area contributed by atoms with Crippen LogP contribution in [-0.4, -0.2) is 18.0 Å². The Kier molecular flexibility index (Phi) is 5.27. The van der Waals surface area contributed by atoms with Crippen molar-refractivity contribution in [2.75, 3.05) is 5.32 Å². The average molecular weight is 288 g/mol. The standard InChI is InChI=1S/C18H28N2O/c1-12(2)19-17-8-6-5-7-16(17)18(21)20-15-10-13(3)9-14(4)11-15/h5-8,12-15,19H,9-11H2,1-4H3,(H,20,21). The molecule has 2 unspecified atom stereocenters. The summed E-state index contributed by atoms with van der Waals surface area (Å²) in [5.74, 6) is 1.44. The Morgan fingerprint density at radius 2 is 1.71 bits per heavy atom. The van der Waals surface area contributed by atoms with Gasteiger partial charge in [0.25, 0.3) is 5.91 Å². The van der Waals surface area contributed by atoms with Crippen LogP contribution in [0.3, 0.4) is 0 Å². The van der Waals surface area contributed by atoms with Crippen LogP contribution < -0.4 is 10.6 Å². The van der Waals surface area contributed by atoms with Crippen LogP contribution in [0.15, 0.2) is 24.3 Å². The lowest BCUT2D eigenvalue weighted by Crippen LogP contribution is -2.40. The minimum Gasteiger partial charge on any atom is -0.382 e. The van der Waals surface area contributed by atoms with Gasteiger partial charge in [0.05, 0.1) is 5.56 Å². The van der Waals surface area contributed by atoms with Crippen molar-refractivity contribution in [2.45, 2.75) is 59.0 Å². The molecule has 2 rings (SSSR count). The smallest absolute Gasteiger partial charge is 0.253 e. The van der Waals surface area contributed by atoms with Crippen molar-refractivity contribution < 1.29 is 4.79 Å². The summed E-state index contributed by atoms with van der Waals surface area (Å²) in [6, 6.07) is 8.38. The first-order chi connectivity index (χ1) is 9.95. The number of benzene rings is 1. The summed E-state index contributed by atoms with van der Waals surface area (Å²) >= 11 is 0. The molecule has 0 aliphatic heterocycles. The van der Waals surface area contributed by atoms with E-state index in [0.717, 1.165) is 24.1 Å². The van der Waals surface area contributed by atoms with Crippen molar-refractivity contribution in [1.82, 2.24) is 5.32 Å². The van der Waals surface area contributed by atoms with Crippen LogP contribution in [-0.2, 0) is 0 Å². The number of carbonyl (C=O) groups excluding carboxylic acids is 1. The summed E-state index contributed by atoms with van der Waals surface area (Å²) in [6.45, 7) is 8.73. The van der Waals surface area contributed by atoms with Crippen molar-refractivity contribution in [3.05, 3.63) is 29.8 Å². The number of carbonyl (C=O) groups is 1. The van der Waals surface area contributed by atoms with E-state index >= 15 is 0 Å². The fourth-order valence-electron chi connectivity index (χ4n) is 3.45. The second-order valence-corrected chi connectivity index (χ2v) is 6.93. The van der Waals surface area contributed by atoms with Gasteiger partial charge in [0.15, 0.2) is 0 Å². The summed E-state index contributed by atoms with van der Waals surface area (Å²) in [6.07, 6.45) is 3.46. The maximum atomic E-state index is 12.6. The molecule has 1 aromatic carbocycles. The molecule has 1 aliphatic carbocycles. The second kappa shape index (κ2) is 6.97. The van der Waals surface area contributed by atoms with Crippen molar-refractivity contribution in [3.63, 3.8) is 0 Å². The maximum absolute atomic E-state index is 12.6. The van der Waals surface area contributed by atoms with Crippen molar-refractivity contribution in [1.29, 1.82) is 0 Å². The molecule has 0 heterocycles. The predicted molar refractivity (Wildman–Crippen MR) is 88.6 cm³/mol. The Labute approximate surface area is 128 Å². The first kappa shape index (κ1) is 15.9. The largest absolute Gasteiger partial charge is 0.382 e. The van der Waals surface area contributed by atoms with E-state index in [9.17, 15) is 4.79 Å². The van der Waals surface area contributed by atoms with Gasteiger partial charge in [-0.05, 0) is 57.1 Å². The third kappa shape index (κ3) is 4.48. The van der Waals surface area contributed by atoms with Crippen LogP contribution in [0.4, 0.5) is 5.69 Å². The van der Waals surface area contributed by atoms with Crippen LogP contribution in [0.1, 0.15) is 57.3 Å². The lowest BCUT2D eigenvalue weighted by atomic mass is 9.80. The van der Waals surface area contributed by atoms with Crippen LogP contribution >= 0.6 is 0 Å². The lowest BCUT2D eigenvalue weighted by Gasteiger charge is -2.32. The second-order valence-electron chi connectivity index (χ2n) is 6.93. The molecule has 21 heavy (non-hydrogen) atoms. The van der Waals surface area contributed by atoms with Crippen molar-refractivity contribution in [2.24, 2.45) is 11.8 Å². The number of rotatable bonds is 4. The van der Waals surface area contributed by atoms with Crippen LogP contribution in [0.25, 0.3) is 0 Å². The molecular formula is C18H28N2O. The van der Waals surface area contributed by atoms with E-state index < -0.39 is 0 Å². The molecule has 1 fully saturated rings. The minimum atomic E-state index is 0.0463. The number of hydrogen-bond donors (Lipinski definition) is 2. The predicted octanol–water partition coefficient (Wildman–Crippen LogP) is 4.06. The van der Waals surface area contributed by atoms with Crippen molar-refractivity contribution in [3.8, 4) is 0 Å². The Bertz CT molecular complexity index is 474. The SMILES string of the molecule is CC1CC(C)CC(NC(=O)c2ccccc2NC(C)C)C1. The summed E-state index contributed by atoms with van der Waals surface area (Å²) in [5, 5.41) is 6.58. The maximum Gasteiger partial charge on any atom is 0.253 e.